The number of hydrogen-bond acceptors (Lipinski definition) is 4. The Bertz CT molecular complexity index is 352. The average Bonchev–Trinajstić information content (AvgIpc) is 2.78. The van der Waals surface area contributed by atoms with Crippen LogP contribution in [0.3, 0.4) is 0 Å². The van der Waals surface area contributed by atoms with E-state index in [2.05, 4.69) is 39.4 Å². The number of rotatable bonds is 5. The van der Waals surface area contributed by atoms with E-state index in [0.29, 0.717) is 12.6 Å². The van der Waals surface area contributed by atoms with E-state index in [4.69, 9.17) is 5.73 Å². The Labute approximate surface area is 110 Å². The Morgan fingerprint density at radius 3 is 2.61 bits per heavy atom. The number of nitrogens with two attached hydrogens (primary N) is 1. The zero-order valence-corrected chi connectivity index (χ0v) is 11.5. The first-order chi connectivity index (χ1) is 8.69. The van der Waals surface area contributed by atoms with Crippen LogP contribution in [0.15, 0.2) is 12.5 Å². The Kier molecular flexibility index (Phi) is 4.74. The molecule has 1 aliphatic heterocycles. The summed E-state index contributed by atoms with van der Waals surface area (Å²) in [5, 5.41) is 0. The molecule has 0 aliphatic carbocycles. The predicted molar refractivity (Wildman–Crippen MR) is 73.3 cm³/mol. The zero-order chi connectivity index (χ0) is 13.0. The van der Waals surface area contributed by atoms with Gasteiger partial charge in [-0.05, 0) is 13.8 Å². The van der Waals surface area contributed by atoms with Crippen LogP contribution in [0.4, 0.5) is 0 Å². The molecule has 1 aliphatic rings. The monoisotopic (exact) mass is 251 g/mol. The molecule has 2 N–H and O–H groups in total. The summed E-state index contributed by atoms with van der Waals surface area (Å²) in [6.07, 6.45) is 3.99. The molecule has 1 aromatic rings. The highest BCUT2D eigenvalue weighted by Gasteiger charge is 2.19. The molecule has 0 aromatic carbocycles. The second kappa shape index (κ2) is 6.31. The van der Waals surface area contributed by atoms with Crippen LogP contribution in [0, 0.1) is 0 Å². The van der Waals surface area contributed by atoms with Gasteiger partial charge in [0, 0.05) is 58.1 Å². The summed E-state index contributed by atoms with van der Waals surface area (Å²) < 4.78 is 2.07. The fraction of sp³-hybridized carbons (Fsp3) is 0.769. The van der Waals surface area contributed by atoms with Crippen LogP contribution < -0.4 is 5.73 Å². The molecule has 18 heavy (non-hydrogen) atoms. The van der Waals surface area contributed by atoms with Crippen molar-refractivity contribution in [3.8, 4) is 0 Å². The number of imidazole rings is 1. The van der Waals surface area contributed by atoms with Crippen molar-refractivity contribution in [3.63, 3.8) is 0 Å². The zero-order valence-electron chi connectivity index (χ0n) is 11.5. The number of piperazine rings is 1. The van der Waals surface area contributed by atoms with Crippen molar-refractivity contribution < 1.29 is 0 Å². The minimum atomic E-state index is 0.663. The number of nitrogens with zero attached hydrogens (tertiary/aromatic N) is 4. The molecule has 0 amide bonds. The van der Waals surface area contributed by atoms with Crippen LogP contribution in [0.5, 0.6) is 0 Å². The van der Waals surface area contributed by atoms with Crippen molar-refractivity contribution in [1.29, 1.82) is 0 Å². The second-order valence-corrected chi connectivity index (χ2v) is 5.30. The lowest BCUT2D eigenvalue weighted by Gasteiger charge is -2.36. The normalized spacial score (nSPS) is 18.7. The van der Waals surface area contributed by atoms with Gasteiger partial charge in [-0.1, -0.05) is 0 Å². The van der Waals surface area contributed by atoms with Gasteiger partial charge in [0.1, 0.15) is 0 Å². The summed E-state index contributed by atoms with van der Waals surface area (Å²) in [5.41, 5.74) is 6.69. The molecule has 1 saturated heterocycles. The number of aromatic nitrogens is 2. The van der Waals surface area contributed by atoms with Gasteiger partial charge in [0.05, 0.1) is 12.0 Å². The van der Waals surface area contributed by atoms with Gasteiger partial charge in [0.2, 0.25) is 0 Å². The standard InChI is InChI=1S/C13H25N5/c1-12(2)18-7-5-16(6-8-18)9-13-10-17(4-3-14)11-15-13/h10-12H,3-9,14H2,1-2H3. The van der Waals surface area contributed by atoms with Crippen molar-refractivity contribution in [1.82, 2.24) is 19.4 Å². The SMILES string of the molecule is CC(C)N1CCN(Cc2cn(CCN)cn2)CC1. The minimum absolute atomic E-state index is 0.663. The molecule has 1 aromatic heterocycles. The highest BCUT2D eigenvalue weighted by atomic mass is 15.3. The van der Waals surface area contributed by atoms with Crippen molar-refractivity contribution in [2.75, 3.05) is 32.7 Å². The van der Waals surface area contributed by atoms with E-state index in [1.165, 1.54) is 13.1 Å². The van der Waals surface area contributed by atoms with E-state index in [1.54, 1.807) is 0 Å². The van der Waals surface area contributed by atoms with Gasteiger partial charge >= 0.3 is 0 Å². The minimum Gasteiger partial charge on any atom is -0.336 e. The van der Waals surface area contributed by atoms with Gasteiger partial charge in [-0.15, -0.1) is 0 Å². The molecule has 2 heterocycles. The fourth-order valence-electron chi connectivity index (χ4n) is 2.43. The molecule has 1 fully saturated rings. The van der Waals surface area contributed by atoms with E-state index in [-0.39, 0.29) is 0 Å². The van der Waals surface area contributed by atoms with Crippen LogP contribution in [0.25, 0.3) is 0 Å². The Morgan fingerprint density at radius 2 is 2.00 bits per heavy atom. The quantitative estimate of drug-likeness (QED) is 0.821. The molecular formula is C13H25N5. The smallest absolute Gasteiger partial charge is 0.0950 e. The van der Waals surface area contributed by atoms with Gasteiger partial charge in [0.15, 0.2) is 0 Å². The molecule has 0 bridgehead atoms. The lowest BCUT2D eigenvalue weighted by Crippen LogP contribution is -2.48. The summed E-state index contributed by atoms with van der Waals surface area (Å²) in [4.78, 5) is 9.45. The third-order valence-corrected chi connectivity index (χ3v) is 3.60. The Morgan fingerprint density at radius 1 is 1.28 bits per heavy atom. The highest BCUT2D eigenvalue weighted by molar-refractivity contribution is 4.97. The third-order valence-electron chi connectivity index (χ3n) is 3.60. The van der Waals surface area contributed by atoms with Crippen LogP contribution in [-0.2, 0) is 13.1 Å². The van der Waals surface area contributed by atoms with Crippen molar-refractivity contribution in [3.05, 3.63) is 18.2 Å². The Hall–Kier alpha value is -0.910. The van der Waals surface area contributed by atoms with Crippen LogP contribution in [0.2, 0.25) is 0 Å². The molecule has 0 radical (unpaired) electrons. The maximum Gasteiger partial charge on any atom is 0.0950 e. The van der Waals surface area contributed by atoms with E-state index < -0.39 is 0 Å². The molecule has 5 nitrogen and oxygen atoms in total. The predicted octanol–water partition coefficient (Wildman–Crippen LogP) is 0.368. The second-order valence-electron chi connectivity index (χ2n) is 5.30. The third kappa shape index (κ3) is 3.54. The van der Waals surface area contributed by atoms with Crippen LogP contribution in [0.1, 0.15) is 19.5 Å². The van der Waals surface area contributed by atoms with E-state index in [9.17, 15) is 0 Å². The molecule has 0 saturated carbocycles. The lowest BCUT2D eigenvalue weighted by molar-refractivity contribution is 0.103. The number of hydrogen-bond donors (Lipinski definition) is 1. The summed E-state index contributed by atoms with van der Waals surface area (Å²) in [7, 11) is 0. The summed E-state index contributed by atoms with van der Waals surface area (Å²) in [5.74, 6) is 0. The topological polar surface area (TPSA) is 50.3 Å². The first-order valence-electron chi connectivity index (χ1n) is 6.86. The average molecular weight is 251 g/mol. The maximum atomic E-state index is 5.53. The van der Waals surface area contributed by atoms with Gasteiger partial charge in [-0.3, -0.25) is 9.80 Å². The van der Waals surface area contributed by atoms with Crippen molar-refractivity contribution in [2.24, 2.45) is 5.73 Å². The van der Waals surface area contributed by atoms with Crippen LogP contribution in [-0.4, -0.2) is 58.1 Å². The Balaban J connectivity index is 1.80. The van der Waals surface area contributed by atoms with E-state index in [1.807, 2.05) is 6.33 Å². The van der Waals surface area contributed by atoms with Gasteiger partial charge in [-0.25, -0.2) is 4.98 Å². The van der Waals surface area contributed by atoms with Crippen molar-refractivity contribution in [2.45, 2.75) is 33.0 Å². The molecule has 5 heteroatoms. The highest BCUT2D eigenvalue weighted by Crippen LogP contribution is 2.09. The summed E-state index contributed by atoms with van der Waals surface area (Å²) >= 11 is 0. The molecule has 0 spiro atoms. The molecule has 0 unspecified atom stereocenters. The van der Waals surface area contributed by atoms with Crippen molar-refractivity contribution >= 4 is 0 Å². The fourth-order valence-corrected chi connectivity index (χ4v) is 2.43. The first kappa shape index (κ1) is 13.5. The van der Waals surface area contributed by atoms with Gasteiger partial charge in [-0.2, -0.15) is 0 Å². The largest absolute Gasteiger partial charge is 0.336 e. The lowest BCUT2D eigenvalue weighted by atomic mass is 10.2. The summed E-state index contributed by atoms with van der Waals surface area (Å²) in [6, 6.07) is 0.663. The van der Waals surface area contributed by atoms with E-state index in [0.717, 1.165) is 31.9 Å². The molecule has 0 atom stereocenters. The summed E-state index contributed by atoms with van der Waals surface area (Å²) in [6.45, 7) is 11.6. The van der Waals surface area contributed by atoms with E-state index >= 15 is 0 Å². The van der Waals surface area contributed by atoms with Gasteiger partial charge < -0.3 is 10.3 Å². The van der Waals surface area contributed by atoms with Crippen LogP contribution >= 0.6 is 0 Å². The molecule has 2 rings (SSSR count). The van der Waals surface area contributed by atoms with Gasteiger partial charge in [0.25, 0.3) is 0 Å². The molecular weight excluding hydrogens is 226 g/mol. The maximum absolute atomic E-state index is 5.53. The first-order valence-corrected chi connectivity index (χ1v) is 6.86. The molecule has 102 valence electrons.